The number of halogens is 1. The van der Waals surface area contributed by atoms with Gasteiger partial charge in [-0.25, -0.2) is 9.37 Å². The maximum absolute atomic E-state index is 13.0. The molecule has 110 valence electrons. The summed E-state index contributed by atoms with van der Waals surface area (Å²) in [4.78, 5) is 20.1. The molecule has 0 unspecified atom stereocenters. The van der Waals surface area contributed by atoms with Crippen LogP contribution in [-0.2, 0) is 0 Å². The van der Waals surface area contributed by atoms with E-state index in [-0.39, 0.29) is 29.0 Å². The average molecular weight is 291 g/mol. The van der Waals surface area contributed by atoms with Gasteiger partial charge in [0.05, 0.1) is 4.92 Å². The van der Waals surface area contributed by atoms with Gasteiger partial charge in [0.15, 0.2) is 0 Å². The van der Waals surface area contributed by atoms with E-state index >= 15 is 0 Å². The minimum atomic E-state index is -0.545. The Morgan fingerprint density at radius 1 is 1.33 bits per heavy atom. The number of aromatic nitrogens is 2. The molecule has 0 radical (unpaired) electrons. The molecule has 2 rings (SSSR count). The molecule has 0 spiro atoms. The lowest BCUT2D eigenvalue weighted by atomic mass is 10.2. The van der Waals surface area contributed by atoms with Gasteiger partial charge in [-0.05, 0) is 38.1 Å². The number of nitrogens with two attached hydrogens (primary N) is 1. The lowest BCUT2D eigenvalue weighted by molar-refractivity contribution is -0.385. The first-order valence-electron chi connectivity index (χ1n) is 6.25. The van der Waals surface area contributed by atoms with Crippen molar-refractivity contribution in [3.63, 3.8) is 0 Å². The van der Waals surface area contributed by atoms with E-state index in [9.17, 15) is 14.5 Å². The van der Waals surface area contributed by atoms with Gasteiger partial charge >= 0.3 is 5.69 Å². The van der Waals surface area contributed by atoms with Crippen LogP contribution >= 0.6 is 0 Å². The Hall–Kier alpha value is -2.77. The molecule has 21 heavy (non-hydrogen) atoms. The molecule has 0 aliphatic rings. The molecule has 2 aromatic rings. The molecule has 0 fully saturated rings. The van der Waals surface area contributed by atoms with Crippen molar-refractivity contribution in [3.8, 4) is 0 Å². The van der Waals surface area contributed by atoms with E-state index in [1.807, 2.05) is 0 Å². The molecule has 0 saturated carbocycles. The summed E-state index contributed by atoms with van der Waals surface area (Å²) < 4.78 is 13.0. The SMILES string of the molecule is CCN(c1ccc(F)cc1)c1nc(N)nc(C)c1[N+](=O)[O-]. The van der Waals surface area contributed by atoms with Crippen LogP contribution < -0.4 is 10.6 Å². The van der Waals surface area contributed by atoms with Gasteiger partial charge in [0.1, 0.15) is 11.5 Å². The van der Waals surface area contributed by atoms with Crippen molar-refractivity contribution in [3.05, 3.63) is 45.9 Å². The smallest absolute Gasteiger partial charge is 0.333 e. The predicted molar refractivity (Wildman–Crippen MR) is 76.9 cm³/mol. The zero-order chi connectivity index (χ0) is 15.6. The zero-order valence-electron chi connectivity index (χ0n) is 11.6. The van der Waals surface area contributed by atoms with Crippen molar-refractivity contribution < 1.29 is 9.31 Å². The highest BCUT2D eigenvalue weighted by molar-refractivity contribution is 5.70. The van der Waals surface area contributed by atoms with E-state index in [0.717, 1.165) is 0 Å². The quantitative estimate of drug-likeness (QED) is 0.686. The summed E-state index contributed by atoms with van der Waals surface area (Å²) in [6, 6.07) is 5.61. The van der Waals surface area contributed by atoms with Crippen LogP contribution in [0.1, 0.15) is 12.6 Å². The normalized spacial score (nSPS) is 10.4. The second kappa shape index (κ2) is 5.70. The molecule has 0 amide bonds. The molecule has 0 aliphatic heterocycles. The molecule has 8 heteroatoms. The third kappa shape index (κ3) is 2.88. The van der Waals surface area contributed by atoms with E-state index in [1.165, 1.54) is 31.2 Å². The zero-order valence-corrected chi connectivity index (χ0v) is 11.6. The van der Waals surface area contributed by atoms with Gasteiger partial charge in [-0.1, -0.05) is 0 Å². The number of nitro groups is 1. The lowest BCUT2D eigenvalue weighted by Gasteiger charge is -2.22. The maximum Gasteiger partial charge on any atom is 0.333 e. The van der Waals surface area contributed by atoms with Gasteiger partial charge in [0, 0.05) is 12.2 Å². The van der Waals surface area contributed by atoms with Crippen molar-refractivity contribution in [2.24, 2.45) is 0 Å². The molecule has 1 aromatic heterocycles. The van der Waals surface area contributed by atoms with Crippen LogP contribution in [0.25, 0.3) is 0 Å². The van der Waals surface area contributed by atoms with E-state index < -0.39 is 4.92 Å². The van der Waals surface area contributed by atoms with Crippen LogP contribution in [0.15, 0.2) is 24.3 Å². The number of aryl methyl sites for hydroxylation is 1. The number of nitrogen functional groups attached to an aromatic ring is 1. The van der Waals surface area contributed by atoms with Crippen LogP contribution in [0.3, 0.4) is 0 Å². The van der Waals surface area contributed by atoms with E-state index in [4.69, 9.17) is 5.73 Å². The first kappa shape index (κ1) is 14.6. The van der Waals surface area contributed by atoms with Gasteiger partial charge in [0.25, 0.3) is 0 Å². The summed E-state index contributed by atoms with van der Waals surface area (Å²) in [7, 11) is 0. The summed E-state index contributed by atoms with van der Waals surface area (Å²) >= 11 is 0. The lowest BCUT2D eigenvalue weighted by Crippen LogP contribution is -2.20. The number of nitrogens with zero attached hydrogens (tertiary/aromatic N) is 4. The molecule has 0 aliphatic carbocycles. The molecule has 0 saturated heterocycles. The summed E-state index contributed by atoms with van der Waals surface area (Å²) in [6.07, 6.45) is 0. The molecule has 1 heterocycles. The Morgan fingerprint density at radius 3 is 2.48 bits per heavy atom. The molecule has 7 nitrogen and oxygen atoms in total. The fourth-order valence-electron chi connectivity index (χ4n) is 2.05. The number of hydrogen-bond acceptors (Lipinski definition) is 6. The van der Waals surface area contributed by atoms with Gasteiger partial charge in [0.2, 0.25) is 11.8 Å². The standard InChI is InChI=1S/C13H14FN5O2/c1-3-18(10-6-4-9(14)5-7-10)12-11(19(20)21)8(2)16-13(15)17-12/h4-7H,3H2,1-2H3,(H2,15,16,17). The van der Waals surface area contributed by atoms with Crippen LogP contribution in [0, 0.1) is 22.9 Å². The van der Waals surface area contributed by atoms with Crippen molar-refractivity contribution >= 4 is 23.1 Å². The van der Waals surface area contributed by atoms with Crippen molar-refractivity contribution in [2.75, 3.05) is 17.2 Å². The summed E-state index contributed by atoms with van der Waals surface area (Å²) in [5.74, 6) is -0.338. The fourth-order valence-corrected chi connectivity index (χ4v) is 2.05. The van der Waals surface area contributed by atoms with E-state index in [2.05, 4.69) is 9.97 Å². The highest BCUT2D eigenvalue weighted by atomic mass is 19.1. The van der Waals surface area contributed by atoms with Crippen molar-refractivity contribution in [1.82, 2.24) is 9.97 Å². The second-order valence-electron chi connectivity index (χ2n) is 4.32. The molecule has 0 bridgehead atoms. The van der Waals surface area contributed by atoms with Crippen LogP contribution in [0.2, 0.25) is 0 Å². The van der Waals surface area contributed by atoms with Crippen molar-refractivity contribution in [2.45, 2.75) is 13.8 Å². The third-order valence-corrected chi connectivity index (χ3v) is 2.95. The fraction of sp³-hybridized carbons (Fsp3) is 0.231. The van der Waals surface area contributed by atoms with Gasteiger partial charge in [-0.15, -0.1) is 0 Å². The molecule has 0 atom stereocenters. The molecular formula is C13H14FN5O2. The second-order valence-corrected chi connectivity index (χ2v) is 4.32. The van der Waals surface area contributed by atoms with E-state index in [1.54, 1.807) is 11.8 Å². The summed E-state index contributed by atoms with van der Waals surface area (Å²) in [6.45, 7) is 3.71. The van der Waals surface area contributed by atoms with Gasteiger partial charge in [-0.2, -0.15) is 4.98 Å². The third-order valence-electron chi connectivity index (χ3n) is 2.95. The summed E-state index contributed by atoms with van der Waals surface area (Å²) in [5, 5.41) is 11.3. The average Bonchev–Trinajstić information content (AvgIpc) is 2.40. The largest absolute Gasteiger partial charge is 0.368 e. The Morgan fingerprint density at radius 2 is 1.95 bits per heavy atom. The number of hydrogen-bond donors (Lipinski definition) is 1. The van der Waals surface area contributed by atoms with Crippen LogP contribution in [0.5, 0.6) is 0 Å². The molecule has 1 aromatic carbocycles. The highest BCUT2D eigenvalue weighted by Gasteiger charge is 2.26. The molecule has 2 N–H and O–H groups in total. The van der Waals surface area contributed by atoms with Gasteiger partial charge < -0.3 is 10.6 Å². The number of rotatable bonds is 4. The first-order chi connectivity index (χ1) is 9.93. The van der Waals surface area contributed by atoms with Crippen molar-refractivity contribution in [1.29, 1.82) is 0 Å². The van der Waals surface area contributed by atoms with E-state index in [0.29, 0.717) is 12.2 Å². The minimum absolute atomic E-state index is 0.0475. The Labute approximate surface area is 120 Å². The van der Waals surface area contributed by atoms with Crippen LogP contribution in [0.4, 0.5) is 27.5 Å². The molecular weight excluding hydrogens is 277 g/mol. The van der Waals surface area contributed by atoms with Gasteiger partial charge in [-0.3, -0.25) is 10.1 Å². The number of benzene rings is 1. The Bertz CT molecular complexity index is 675. The Balaban J connectivity index is 2.61. The first-order valence-corrected chi connectivity index (χ1v) is 6.25. The topological polar surface area (TPSA) is 98.2 Å². The number of anilines is 3. The monoisotopic (exact) mass is 291 g/mol. The highest BCUT2D eigenvalue weighted by Crippen LogP contribution is 2.33. The predicted octanol–water partition coefficient (Wildman–Crippen LogP) is 2.57. The maximum atomic E-state index is 13.0. The minimum Gasteiger partial charge on any atom is -0.368 e. The Kier molecular flexibility index (Phi) is 3.97. The summed E-state index contributed by atoms with van der Waals surface area (Å²) in [5.41, 5.74) is 6.15. The van der Waals surface area contributed by atoms with Crippen LogP contribution in [-0.4, -0.2) is 21.4 Å².